The molecular weight excluding hydrogens is 342 g/mol. The van der Waals surface area contributed by atoms with Crippen LogP contribution in [0.5, 0.6) is 17.4 Å². The highest BCUT2D eigenvalue weighted by Crippen LogP contribution is 2.21. The quantitative estimate of drug-likeness (QED) is 0.665. The van der Waals surface area contributed by atoms with Gasteiger partial charge in [-0.15, -0.1) is 0 Å². The first-order valence-electron chi connectivity index (χ1n) is 8.31. The van der Waals surface area contributed by atoms with Crippen molar-refractivity contribution >= 4 is 17.7 Å². The van der Waals surface area contributed by atoms with Gasteiger partial charge in [0.25, 0.3) is 0 Å². The minimum Gasteiger partial charge on any atom is -0.495 e. The van der Waals surface area contributed by atoms with E-state index in [1.165, 1.54) is 6.08 Å². The van der Waals surface area contributed by atoms with Crippen LogP contribution in [0.25, 0.3) is 6.08 Å². The number of pyridine rings is 2. The number of ether oxygens (including phenoxy) is 2. The number of nitrogens with one attached hydrogen (secondary N) is 1. The van der Waals surface area contributed by atoms with Gasteiger partial charge in [0.15, 0.2) is 0 Å². The summed E-state index contributed by atoms with van der Waals surface area (Å²) in [7, 11) is 1.57. The fourth-order valence-corrected chi connectivity index (χ4v) is 2.24. The predicted octanol–water partition coefficient (Wildman–Crippen LogP) is 4.24. The lowest BCUT2D eigenvalue weighted by atomic mass is 10.2. The molecule has 0 aliphatic carbocycles. The van der Waals surface area contributed by atoms with Gasteiger partial charge in [-0.05, 0) is 54.5 Å². The number of hydrogen-bond donors (Lipinski definition) is 1. The molecule has 0 spiro atoms. The molecule has 1 aromatic carbocycles. The van der Waals surface area contributed by atoms with Gasteiger partial charge in [0, 0.05) is 30.2 Å². The zero-order valence-electron chi connectivity index (χ0n) is 15.0. The summed E-state index contributed by atoms with van der Waals surface area (Å²) in [6.45, 7) is 1.97. The van der Waals surface area contributed by atoms with Crippen LogP contribution in [0.2, 0.25) is 0 Å². The first-order valence-corrected chi connectivity index (χ1v) is 8.31. The van der Waals surface area contributed by atoms with E-state index in [1.807, 2.05) is 19.1 Å². The Morgan fingerprint density at radius 1 is 1.04 bits per heavy atom. The van der Waals surface area contributed by atoms with Crippen molar-refractivity contribution in [2.75, 3.05) is 12.4 Å². The van der Waals surface area contributed by atoms with Gasteiger partial charge < -0.3 is 14.8 Å². The van der Waals surface area contributed by atoms with E-state index in [4.69, 9.17) is 9.47 Å². The topological polar surface area (TPSA) is 73.3 Å². The molecule has 0 saturated heterocycles. The number of nitrogens with zero attached hydrogens (tertiary/aromatic N) is 2. The Hall–Kier alpha value is -3.67. The first kappa shape index (κ1) is 18.1. The highest BCUT2D eigenvalue weighted by Gasteiger charge is 2.02. The third-order valence-corrected chi connectivity index (χ3v) is 3.63. The number of anilines is 1. The van der Waals surface area contributed by atoms with E-state index >= 15 is 0 Å². The van der Waals surface area contributed by atoms with Crippen molar-refractivity contribution in [2.24, 2.45) is 0 Å². The maximum Gasteiger partial charge on any atom is 0.248 e. The van der Waals surface area contributed by atoms with Crippen molar-refractivity contribution in [3.8, 4) is 17.4 Å². The van der Waals surface area contributed by atoms with Crippen LogP contribution < -0.4 is 14.8 Å². The lowest BCUT2D eigenvalue weighted by Crippen LogP contribution is -2.07. The number of rotatable bonds is 6. The number of carbonyl (C=O) groups excluding carboxylic acids is 1. The van der Waals surface area contributed by atoms with Crippen molar-refractivity contribution in [1.82, 2.24) is 9.97 Å². The fourth-order valence-electron chi connectivity index (χ4n) is 2.24. The van der Waals surface area contributed by atoms with Gasteiger partial charge in [-0.1, -0.05) is 6.07 Å². The van der Waals surface area contributed by atoms with E-state index in [2.05, 4.69) is 15.3 Å². The molecule has 136 valence electrons. The van der Waals surface area contributed by atoms with Crippen LogP contribution in [0, 0.1) is 6.92 Å². The van der Waals surface area contributed by atoms with Gasteiger partial charge in [0.1, 0.15) is 11.5 Å². The van der Waals surface area contributed by atoms with Crippen LogP contribution in [0.3, 0.4) is 0 Å². The molecule has 0 aliphatic rings. The Morgan fingerprint density at radius 2 is 1.85 bits per heavy atom. The smallest absolute Gasteiger partial charge is 0.248 e. The van der Waals surface area contributed by atoms with E-state index in [0.717, 1.165) is 11.1 Å². The van der Waals surface area contributed by atoms with E-state index < -0.39 is 0 Å². The molecule has 0 atom stereocenters. The van der Waals surface area contributed by atoms with Crippen LogP contribution in [0.1, 0.15) is 11.1 Å². The Morgan fingerprint density at radius 3 is 2.56 bits per heavy atom. The average Bonchev–Trinajstić information content (AvgIpc) is 2.70. The second-order valence-corrected chi connectivity index (χ2v) is 5.78. The van der Waals surface area contributed by atoms with Gasteiger partial charge in [-0.25, -0.2) is 4.98 Å². The molecule has 0 saturated carbocycles. The summed E-state index contributed by atoms with van der Waals surface area (Å²) in [4.78, 5) is 20.3. The van der Waals surface area contributed by atoms with Gasteiger partial charge in [-0.2, -0.15) is 0 Å². The largest absolute Gasteiger partial charge is 0.495 e. The number of carbonyl (C=O) groups is 1. The number of amides is 1. The molecule has 0 fully saturated rings. The maximum atomic E-state index is 12.1. The standard InChI is InChI=1S/C21H19N3O3/c1-15-3-10-21(23-12-15)27-18-7-5-17(6-8-18)24-20(25)9-4-16-11-19(26-2)14-22-13-16/h3-14H,1-2H3,(H,24,25)/b9-4+. The Labute approximate surface area is 157 Å². The van der Waals surface area contributed by atoms with E-state index in [-0.39, 0.29) is 5.91 Å². The molecule has 1 N–H and O–H groups in total. The zero-order chi connectivity index (χ0) is 19.1. The maximum absolute atomic E-state index is 12.1. The molecular formula is C21H19N3O3. The van der Waals surface area contributed by atoms with Crippen molar-refractivity contribution in [3.05, 3.63) is 78.3 Å². The average molecular weight is 361 g/mol. The number of hydrogen-bond acceptors (Lipinski definition) is 5. The second kappa shape index (κ2) is 8.62. The van der Waals surface area contributed by atoms with Gasteiger partial charge in [0.05, 0.1) is 13.3 Å². The predicted molar refractivity (Wildman–Crippen MR) is 104 cm³/mol. The van der Waals surface area contributed by atoms with Crippen LogP contribution in [-0.2, 0) is 4.79 Å². The van der Waals surface area contributed by atoms with E-state index in [1.54, 1.807) is 62.1 Å². The van der Waals surface area contributed by atoms with Crippen molar-refractivity contribution in [3.63, 3.8) is 0 Å². The van der Waals surface area contributed by atoms with Crippen LogP contribution >= 0.6 is 0 Å². The summed E-state index contributed by atoms with van der Waals surface area (Å²) < 4.78 is 10.8. The van der Waals surface area contributed by atoms with E-state index in [0.29, 0.717) is 23.1 Å². The number of aromatic nitrogens is 2. The molecule has 0 unspecified atom stereocenters. The second-order valence-electron chi connectivity index (χ2n) is 5.78. The normalized spacial score (nSPS) is 10.6. The molecule has 3 aromatic rings. The third-order valence-electron chi connectivity index (χ3n) is 3.63. The number of methoxy groups -OCH3 is 1. The van der Waals surface area contributed by atoms with Crippen molar-refractivity contribution in [2.45, 2.75) is 6.92 Å². The molecule has 0 bridgehead atoms. The minimum absolute atomic E-state index is 0.244. The van der Waals surface area contributed by atoms with Crippen molar-refractivity contribution < 1.29 is 14.3 Å². The molecule has 0 radical (unpaired) electrons. The minimum atomic E-state index is -0.244. The van der Waals surface area contributed by atoms with Gasteiger partial charge in [-0.3, -0.25) is 9.78 Å². The number of benzene rings is 1. The Bertz CT molecular complexity index is 936. The molecule has 1 amide bonds. The van der Waals surface area contributed by atoms with Gasteiger partial charge in [0.2, 0.25) is 11.8 Å². The third kappa shape index (κ3) is 5.40. The molecule has 3 rings (SSSR count). The lowest BCUT2D eigenvalue weighted by molar-refractivity contribution is -0.111. The summed E-state index contributed by atoms with van der Waals surface area (Å²) in [6.07, 6.45) is 8.11. The summed E-state index contributed by atoms with van der Waals surface area (Å²) in [6, 6.07) is 12.6. The molecule has 27 heavy (non-hydrogen) atoms. The van der Waals surface area contributed by atoms with E-state index in [9.17, 15) is 4.79 Å². The summed E-state index contributed by atoms with van der Waals surface area (Å²) in [5, 5.41) is 2.79. The molecule has 6 heteroatoms. The van der Waals surface area contributed by atoms with Crippen LogP contribution in [0.15, 0.2) is 67.1 Å². The number of aryl methyl sites for hydroxylation is 1. The van der Waals surface area contributed by atoms with Gasteiger partial charge >= 0.3 is 0 Å². The van der Waals surface area contributed by atoms with Crippen molar-refractivity contribution in [1.29, 1.82) is 0 Å². The fraction of sp³-hybridized carbons (Fsp3) is 0.0952. The monoisotopic (exact) mass is 361 g/mol. The molecule has 0 aliphatic heterocycles. The summed E-state index contributed by atoms with van der Waals surface area (Å²) >= 11 is 0. The highest BCUT2D eigenvalue weighted by molar-refractivity contribution is 6.01. The first-order chi connectivity index (χ1) is 13.1. The Balaban J connectivity index is 1.57. The zero-order valence-corrected chi connectivity index (χ0v) is 15.0. The molecule has 2 heterocycles. The SMILES string of the molecule is COc1cncc(/C=C/C(=O)Nc2ccc(Oc3ccc(C)cn3)cc2)c1. The lowest BCUT2D eigenvalue weighted by Gasteiger charge is -2.06. The molecule has 6 nitrogen and oxygen atoms in total. The summed E-state index contributed by atoms with van der Waals surface area (Å²) in [5.41, 5.74) is 2.51. The van der Waals surface area contributed by atoms with Crippen LogP contribution in [-0.4, -0.2) is 23.0 Å². The Kier molecular flexibility index (Phi) is 5.79. The highest BCUT2D eigenvalue weighted by atomic mass is 16.5. The molecule has 2 aromatic heterocycles. The summed E-state index contributed by atoms with van der Waals surface area (Å²) in [5.74, 6) is 1.55. The van der Waals surface area contributed by atoms with Crippen LogP contribution in [0.4, 0.5) is 5.69 Å².